The van der Waals surface area contributed by atoms with Crippen LogP contribution in [0.5, 0.6) is 0 Å². The van der Waals surface area contributed by atoms with Crippen molar-refractivity contribution < 1.29 is 14.0 Å². The molecular weight excluding hydrogens is 313 g/mol. The minimum Gasteiger partial charge on any atom is -0.342 e. The standard InChI is InChI=1S/C16H16FN5O2/c17-12-1-3-13(4-2-12)19-15(24)14-5-6-18-16(20-14)22-9-7-21(11-23)8-10-22/h1-6,11H,7-10H2,(H,19,24). The van der Waals surface area contributed by atoms with Crippen LogP contribution in [0.2, 0.25) is 0 Å². The van der Waals surface area contributed by atoms with Gasteiger partial charge in [-0.15, -0.1) is 0 Å². The molecular formula is C16H16FN5O2. The van der Waals surface area contributed by atoms with E-state index in [0.717, 1.165) is 6.41 Å². The first kappa shape index (κ1) is 15.9. The highest BCUT2D eigenvalue weighted by molar-refractivity contribution is 6.02. The van der Waals surface area contributed by atoms with Crippen molar-refractivity contribution in [2.45, 2.75) is 0 Å². The molecule has 0 bridgehead atoms. The van der Waals surface area contributed by atoms with Crippen molar-refractivity contribution in [3.63, 3.8) is 0 Å². The predicted octanol–water partition coefficient (Wildman–Crippen LogP) is 1.15. The topological polar surface area (TPSA) is 78.4 Å². The van der Waals surface area contributed by atoms with Gasteiger partial charge >= 0.3 is 0 Å². The number of halogens is 1. The van der Waals surface area contributed by atoms with Crippen LogP contribution in [-0.2, 0) is 4.79 Å². The highest BCUT2D eigenvalue weighted by Gasteiger charge is 2.19. The quantitative estimate of drug-likeness (QED) is 0.851. The number of hydrogen-bond donors (Lipinski definition) is 1. The van der Waals surface area contributed by atoms with E-state index < -0.39 is 5.91 Å². The van der Waals surface area contributed by atoms with Gasteiger partial charge in [0.25, 0.3) is 5.91 Å². The second-order valence-corrected chi connectivity index (χ2v) is 5.33. The molecule has 2 amide bonds. The molecule has 7 nitrogen and oxygen atoms in total. The molecule has 3 rings (SSSR count). The molecule has 1 aliphatic heterocycles. The lowest BCUT2D eigenvalue weighted by Crippen LogP contribution is -2.46. The second-order valence-electron chi connectivity index (χ2n) is 5.33. The average Bonchev–Trinajstić information content (AvgIpc) is 2.64. The molecule has 1 saturated heterocycles. The van der Waals surface area contributed by atoms with Gasteiger partial charge in [0, 0.05) is 38.1 Å². The molecule has 2 aromatic rings. The van der Waals surface area contributed by atoms with E-state index in [2.05, 4.69) is 15.3 Å². The fraction of sp³-hybridized carbons (Fsp3) is 0.250. The average molecular weight is 329 g/mol. The van der Waals surface area contributed by atoms with Gasteiger partial charge in [-0.3, -0.25) is 9.59 Å². The Kier molecular flexibility index (Phi) is 4.64. The third kappa shape index (κ3) is 3.65. The van der Waals surface area contributed by atoms with Crippen molar-refractivity contribution in [1.82, 2.24) is 14.9 Å². The number of benzene rings is 1. The Morgan fingerprint density at radius 3 is 2.50 bits per heavy atom. The van der Waals surface area contributed by atoms with E-state index >= 15 is 0 Å². The lowest BCUT2D eigenvalue weighted by Gasteiger charge is -2.32. The molecule has 8 heteroatoms. The van der Waals surface area contributed by atoms with E-state index in [1.54, 1.807) is 4.90 Å². The van der Waals surface area contributed by atoms with Crippen molar-refractivity contribution in [1.29, 1.82) is 0 Å². The fourth-order valence-electron chi connectivity index (χ4n) is 2.38. The lowest BCUT2D eigenvalue weighted by atomic mass is 10.3. The van der Waals surface area contributed by atoms with Gasteiger partial charge in [-0.25, -0.2) is 14.4 Å². The number of nitrogens with one attached hydrogen (secondary N) is 1. The minimum atomic E-state index is -0.392. The van der Waals surface area contributed by atoms with Gasteiger partial charge in [0.15, 0.2) is 0 Å². The molecule has 1 aromatic carbocycles. The van der Waals surface area contributed by atoms with E-state index in [0.29, 0.717) is 37.8 Å². The van der Waals surface area contributed by atoms with Gasteiger partial charge in [0.2, 0.25) is 12.4 Å². The summed E-state index contributed by atoms with van der Waals surface area (Å²) in [5.74, 6) is -0.309. The largest absolute Gasteiger partial charge is 0.342 e. The van der Waals surface area contributed by atoms with E-state index in [1.807, 2.05) is 4.90 Å². The van der Waals surface area contributed by atoms with Crippen LogP contribution in [-0.4, -0.2) is 53.4 Å². The number of hydrogen-bond acceptors (Lipinski definition) is 5. The van der Waals surface area contributed by atoms with Gasteiger partial charge in [-0.2, -0.15) is 0 Å². The summed E-state index contributed by atoms with van der Waals surface area (Å²) in [6.07, 6.45) is 2.35. The van der Waals surface area contributed by atoms with Crippen LogP contribution >= 0.6 is 0 Å². The normalized spacial score (nSPS) is 14.4. The Hall–Kier alpha value is -3.03. The number of amides is 2. The SMILES string of the molecule is O=CN1CCN(c2nccc(C(=O)Nc3ccc(F)cc3)n2)CC1. The molecule has 0 saturated carbocycles. The Bertz CT molecular complexity index is 730. The maximum Gasteiger partial charge on any atom is 0.274 e. The molecule has 124 valence electrons. The van der Waals surface area contributed by atoms with Gasteiger partial charge in [-0.05, 0) is 30.3 Å². The minimum absolute atomic E-state index is 0.224. The van der Waals surface area contributed by atoms with Crippen LogP contribution in [0, 0.1) is 5.82 Å². The molecule has 0 aliphatic carbocycles. The van der Waals surface area contributed by atoms with Gasteiger partial charge < -0.3 is 15.1 Å². The molecule has 0 radical (unpaired) electrons. The van der Waals surface area contributed by atoms with Crippen LogP contribution in [0.1, 0.15) is 10.5 Å². The summed E-state index contributed by atoms with van der Waals surface area (Å²) in [7, 11) is 0. The molecule has 1 aromatic heterocycles. The monoisotopic (exact) mass is 329 g/mol. The van der Waals surface area contributed by atoms with Gasteiger partial charge in [0.05, 0.1) is 0 Å². The zero-order chi connectivity index (χ0) is 16.9. The summed E-state index contributed by atoms with van der Waals surface area (Å²) < 4.78 is 12.9. The van der Waals surface area contributed by atoms with Crippen LogP contribution in [0.25, 0.3) is 0 Å². The Morgan fingerprint density at radius 2 is 1.83 bits per heavy atom. The maximum atomic E-state index is 12.9. The first-order valence-electron chi connectivity index (χ1n) is 7.50. The molecule has 1 aliphatic rings. The number of rotatable bonds is 4. The number of carbonyl (C=O) groups excluding carboxylic acids is 2. The van der Waals surface area contributed by atoms with Crippen molar-refractivity contribution in [3.8, 4) is 0 Å². The fourth-order valence-corrected chi connectivity index (χ4v) is 2.38. The predicted molar refractivity (Wildman–Crippen MR) is 86.2 cm³/mol. The first-order valence-corrected chi connectivity index (χ1v) is 7.50. The third-order valence-corrected chi connectivity index (χ3v) is 3.72. The summed E-state index contributed by atoms with van der Waals surface area (Å²) in [5.41, 5.74) is 0.711. The number of aromatic nitrogens is 2. The molecule has 0 spiro atoms. The lowest BCUT2D eigenvalue weighted by molar-refractivity contribution is -0.118. The van der Waals surface area contributed by atoms with Crippen LogP contribution in [0.4, 0.5) is 16.0 Å². The van der Waals surface area contributed by atoms with Crippen LogP contribution in [0.15, 0.2) is 36.5 Å². The smallest absolute Gasteiger partial charge is 0.274 e. The Labute approximate surface area is 138 Å². The molecule has 0 unspecified atom stereocenters. The highest BCUT2D eigenvalue weighted by atomic mass is 19.1. The van der Waals surface area contributed by atoms with E-state index in [9.17, 15) is 14.0 Å². The summed E-state index contributed by atoms with van der Waals surface area (Å²) in [5, 5.41) is 2.66. The first-order chi connectivity index (χ1) is 11.7. The number of anilines is 2. The second kappa shape index (κ2) is 7.03. The Morgan fingerprint density at radius 1 is 1.12 bits per heavy atom. The molecule has 24 heavy (non-hydrogen) atoms. The summed E-state index contributed by atoms with van der Waals surface area (Å²) in [6.45, 7) is 2.42. The van der Waals surface area contributed by atoms with Crippen molar-refractivity contribution >= 4 is 24.0 Å². The molecule has 1 N–H and O–H groups in total. The number of carbonyl (C=O) groups is 2. The van der Waals surface area contributed by atoms with E-state index in [-0.39, 0.29) is 11.5 Å². The summed E-state index contributed by atoms with van der Waals surface area (Å²) >= 11 is 0. The molecule has 1 fully saturated rings. The van der Waals surface area contributed by atoms with Crippen molar-refractivity contribution in [2.75, 3.05) is 36.4 Å². The van der Waals surface area contributed by atoms with E-state index in [4.69, 9.17) is 0 Å². The molecule has 0 atom stereocenters. The van der Waals surface area contributed by atoms with Crippen molar-refractivity contribution in [3.05, 3.63) is 48.0 Å². The highest BCUT2D eigenvalue weighted by Crippen LogP contribution is 2.13. The summed E-state index contributed by atoms with van der Waals surface area (Å²) in [4.78, 5) is 35.1. The van der Waals surface area contributed by atoms with Crippen LogP contribution < -0.4 is 10.2 Å². The van der Waals surface area contributed by atoms with Crippen molar-refractivity contribution in [2.24, 2.45) is 0 Å². The Balaban J connectivity index is 1.69. The zero-order valence-electron chi connectivity index (χ0n) is 12.9. The van der Waals surface area contributed by atoms with Crippen LogP contribution in [0.3, 0.4) is 0 Å². The summed E-state index contributed by atoms with van der Waals surface area (Å²) in [6, 6.07) is 7.02. The van der Waals surface area contributed by atoms with Gasteiger partial charge in [-0.1, -0.05) is 0 Å². The van der Waals surface area contributed by atoms with E-state index in [1.165, 1.54) is 36.5 Å². The zero-order valence-corrected chi connectivity index (χ0v) is 12.9. The number of piperazine rings is 1. The molecule has 2 heterocycles. The van der Waals surface area contributed by atoms with Gasteiger partial charge in [0.1, 0.15) is 11.5 Å². The number of nitrogens with zero attached hydrogens (tertiary/aromatic N) is 4. The third-order valence-electron chi connectivity index (χ3n) is 3.72. The maximum absolute atomic E-state index is 12.9.